The van der Waals surface area contributed by atoms with Crippen LogP contribution in [-0.2, 0) is 13.0 Å². The van der Waals surface area contributed by atoms with Crippen molar-refractivity contribution >= 4 is 41.3 Å². The number of guanidine groups is 1. The number of phenols is 1. The first-order chi connectivity index (χ1) is 11.2. The minimum absolute atomic E-state index is 0. The topological polar surface area (TPSA) is 65.9 Å². The van der Waals surface area contributed by atoms with Crippen molar-refractivity contribution in [2.24, 2.45) is 4.99 Å². The molecule has 1 heterocycles. The van der Waals surface area contributed by atoms with Crippen LogP contribution in [0.15, 0.2) is 40.7 Å². The van der Waals surface area contributed by atoms with Gasteiger partial charge in [-0.15, -0.1) is 35.3 Å². The fraction of sp³-hybridized carbons (Fsp3) is 0.353. The zero-order valence-electron chi connectivity index (χ0n) is 13.9. The number of benzene rings is 1. The van der Waals surface area contributed by atoms with E-state index in [9.17, 15) is 5.11 Å². The van der Waals surface area contributed by atoms with E-state index in [-0.39, 0.29) is 29.7 Å². The quantitative estimate of drug-likeness (QED) is 0.336. The molecule has 2 rings (SSSR count). The first-order valence-electron chi connectivity index (χ1n) is 7.63. The predicted molar refractivity (Wildman–Crippen MR) is 111 cm³/mol. The van der Waals surface area contributed by atoms with Crippen molar-refractivity contribution in [3.05, 3.63) is 46.2 Å². The summed E-state index contributed by atoms with van der Waals surface area (Å²) < 4.78 is 5.04. The molecule has 0 radical (unpaired) electrons. The highest BCUT2D eigenvalue weighted by atomic mass is 127. The molecule has 0 saturated heterocycles. The second kappa shape index (κ2) is 11.1. The van der Waals surface area contributed by atoms with E-state index in [4.69, 9.17) is 4.74 Å². The number of methoxy groups -OCH3 is 1. The van der Waals surface area contributed by atoms with Crippen molar-refractivity contribution in [3.8, 4) is 11.5 Å². The lowest BCUT2D eigenvalue weighted by molar-refractivity contribution is 0.373. The van der Waals surface area contributed by atoms with Gasteiger partial charge in [0.2, 0.25) is 0 Å². The zero-order valence-corrected chi connectivity index (χ0v) is 17.1. The second-order valence-electron chi connectivity index (χ2n) is 4.96. The molecule has 5 nitrogen and oxygen atoms in total. The molecule has 3 N–H and O–H groups in total. The van der Waals surface area contributed by atoms with Gasteiger partial charge in [-0.05, 0) is 42.5 Å². The average Bonchev–Trinajstić information content (AvgIpc) is 3.06. The zero-order chi connectivity index (χ0) is 16.5. The molecular formula is C17H24IN3O2S. The van der Waals surface area contributed by atoms with Crippen molar-refractivity contribution in [2.75, 3.05) is 20.2 Å². The standard InChI is InChI=1S/C17H23N3O2S.HI/c1-3-18-17(19-9-8-14-5-4-10-23-14)20-12-13-6-7-16(22-2)15(21)11-13;/h4-7,10-11,21H,3,8-9,12H2,1-2H3,(H2,18,19,20);1H. The average molecular weight is 461 g/mol. The fourth-order valence-corrected chi connectivity index (χ4v) is 2.81. The van der Waals surface area contributed by atoms with Crippen LogP contribution in [0.4, 0.5) is 0 Å². The van der Waals surface area contributed by atoms with E-state index in [0.717, 1.165) is 31.0 Å². The molecule has 24 heavy (non-hydrogen) atoms. The Morgan fingerprint density at radius 1 is 1.29 bits per heavy atom. The number of phenolic OH excluding ortho intramolecular Hbond substituents is 1. The number of ether oxygens (including phenoxy) is 1. The molecule has 0 saturated carbocycles. The van der Waals surface area contributed by atoms with Crippen LogP contribution >= 0.6 is 35.3 Å². The number of thiophene rings is 1. The molecule has 7 heteroatoms. The minimum atomic E-state index is 0. The molecule has 1 aromatic heterocycles. The van der Waals surface area contributed by atoms with Gasteiger partial charge in [-0.3, -0.25) is 0 Å². The van der Waals surface area contributed by atoms with E-state index in [0.29, 0.717) is 12.3 Å². The summed E-state index contributed by atoms with van der Waals surface area (Å²) in [4.78, 5) is 5.90. The van der Waals surface area contributed by atoms with Crippen molar-refractivity contribution in [2.45, 2.75) is 19.9 Å². The van der Waals surface area contributed by atoms with Crippen molar-refractivity contribution in [1.82, 2.24) is 10.6 Å². The highest BCUT2D eigenvalue weighted by Gasteiger charge is 2.03. The lowest BCUT2D eigenvalue weighted by Gasteiger charge is -2.11. The van der Waals surface area contributed by atoms with Crippen LogP contribution < -0.4 is 15.4 Å². The lowest BCUT2D eigenvalue weighted by Crippen LogP contribution is -2.38. The van der Waals surface area contributed by atoms with Crippen LogP contribution in [0.1, 0.15) is 17.4 Å². The second-order valence-corrected chi connectivity index (χ2v) is 5.99. The first kappa shape index (κ1) is 20.6. The van der Waals surface area contributed by atoms with Crippen LogP contribution in [0.5, 0.6) is 11.5 Å². The molecule has 0 aliphatic rings. The summed E-state index contributed by atoms with van der Waals surface area (Å²) in [7, 11) is 1.54. The third kappa shape index (κ3) is 6.56. The van der Waals surface area contributed by atoms with Gasteiger partial charge in [-0.1, -0.05) is 12.1 Å². The maximum Gasteiger partial charge on any atom is 0.191 e. The lowest BCUT2D eigenvalue weighted by atomic mass is 10.2. The van der Waals surface area contributed by atoms with Crippen molar-refractivity contribution in [3.63, 3.8) is 0 Å². The smallest absolute Gasteiger partial charge is 0.191 e. The van der Waals surface area contributed by atoms with Gasteiger partial charge in [0.1, 0.15) is 0 Å². The monoisotopic (exact) mass is 461 g/mol. The Kier molecular flexibility index (Phi) is 9.55. The molecule has 2 aromatic rings. The summed E-state index contributed by atoms with van der Waals surface area (Å²) in [6, 6.07) is 9.53. The largest absolute Gasteiger partial charge is 0.504 e. The SMILES string of the molecule is CCNC(=NCc1ccc(OC)c(O)c1)NCCc1cccs1.I. The number of rotatable bonds is 7. The van der Waals surface area contributed by atoms with Gasteiger partial charge in [0.15, 0.2) is 17.5 Å². The third-order valence-corrected chi connectivity index (χ3v) is 4.19. The van der Waals surface area contributed by atoms with E-state index in [1.807, 2.05) is 13.0 Å². The summed E-state index contributed by atoms with van der Waals surface area (Å²) >= 11 is 1.76. The van der Waals surface area contributed by atoms with Crippen LogP contribution in [0.3, 0.4) is 0 Å². The Balaban J connectivity index is 0.00000288. The third-order valence-electron chi connectivity index (χ3n) is 3.25. The van der Waals surface area contributed by atoms with Crippen LogP contribution in [0.2, 0.25) is 0 Å². The number of aromatic hydroxyl groups is 1. The number of halogens is 1. The van der Waals surface area contributed by atoms with Gasteiger partial charge in [0.25, 0.3) is 0 Å². The number of nitrogens with one attached hydrogen (secondary N) is 2. The maximum atomic E-state index is 9.80. The molecule has 0 fully saturated rings. The molecule has 0 atom stereocenters. The summed E-state index contributed by atoms with van der Waals surface area (Å²) in [5.74, 6) is 1.38. The van der Waals surface area contributed by atoms with Gasteiger partial charge < -0.3 is 20.5 Å². The molecule has 0 amide bonds. The van der Waals surface area contributed by atoms with E-state index in [1.54, 1.807) is 23.5 Å². The van der Waals surface area contributed by atoms with Gasteiger partial charge in [-0.25, -0.2) is 4.99 Å². The number of nitrogens with zero attached hydrogens (tertiary/aromatic N) is 1. The molecule has 0 aliphatic carbocycles. The van der Waals surface area contributed by atoms with Crippen LogP contribution in [0, 0.1) is 0 Å². The molecule has 1 aromatic carbocycles. The summed E-state index contributed by atoms with van der Waals surface area (Å²) in [5, 5.41) is 18.4. The molecule has 0 unspecified atom stereocenters. The normalized spacial score (nSPS) is 10.8. The van der Waals surface area contributed by atoms with Crippen molar-refractivity contribution < 1.29 is 9.84 Å². The molecule has 132 valence electrons. The minimum Gasteiger partial charge on any atom is -0.504 e. The Morgan fingerprint density at radius 2 is 2.12 bits per heavy atom. The molecule has 0 spiro atoms. The van der Waals surface area contributed by atoms with Gasteiger partial charge in [-0.2, -0.15) is 0 Å². The van der Waals surface area contributed by atoms with E-state index in [1.165, 1.54) is 12.0 Å². The molecule has 0 aliphatic heterocycles. The molecular weight excluding hydrogens is 437 g/mol. The van der Waals surface area contributed by atoms with Crippen LogP contribution in [-0.4, -0.2) is 31.3 Å². The van der Waals surface area contributed by atoms with Gasteiger partial charge >= 0.3 is 0 Å². The summed E-state index contributed by atoms with van der Waals surface area (Å²) in [6.45, 7) is 4.17. The Bertz CT molecular complexity index is 633. The Hall–Kier alpha value is -1.48. The summed E-state index contributed by atoms with van der Waals surface area (Å²) in [6.07, 6.45) is 0.978. The van der Waals surface area contributed by atoms with Gasteiger partial charge in [0.05, 0.1) is 13.7 Å². The van der Waals surface area contributed by atoms with Gasteiger partial charge in [0, 0.05) is 18.0 Å². The number of hydrogen-bond acceptors (Lipinski definition) is 4. The van der Waals surface area contributed by atoms with E-state index < -0.39 is 0 Å². The predicted octanol–water partition coefficient (Wildman–Crippen LogP) is 3.38. The maximum absolute atomic E-state index is 9.80. The Morgan fingerprint density at radius 3 is 2.75 bits per heavy atom. The Labute approximate surface area is 164 Å². The number of aliphatic imine (C=N–C) groups is 1. The first-order valence-corrected chi connectivity index (χ1v) is 8.51. The van der Waals surface area contributed by atoms with Crippen molar-refractivity contribution in [1.29, 1.82) is 0 Å². The van der Waals surface area contributed by atoms with E-state index >= 15 is 0 Å². The highest BCUT2D eigenvalue weighted by molar-refractivity contribution is 14.0. The fourth-order valence-electron chi connectivity index (χ4n) is 2.10. The highest BCUT2D eigenvalue weighted by Crippen LogP contribution is 2.26. The van der Waals surface area contributed by atoms with E-state index in [2.05, 4.69) is 33.1 Å². The van der Waals surface area contributed by atoms with Crippen LogP contribution in [0.25, 0.3) is 0 Å². The summed E-state index contributed by atoms with van der Waals surface area (Å²) in [5.41, 5.74) is 0.929. The molecule has 0 bridgehead atoms. The number of hydrogen-bond donors (Lipinski definition) is 3.